The lowest BCUT2D eigenvalue weighted by Gasteiger charge is -2.13. The highest BCUT2D eigenvalue weighted by atomic mass is 35.5. The molecular formula is C14H16ClFN2O2. The second kappa shape index (κ2) is 5.81. The molecule has 0 spiro atoms. The Labute approximate surface area is 121 Å². The molecule has 2 rings (SSSR count). The van der Waals surface area contributed by atoms with Gasteiger partial charge in [0.2, 0.25) is 0 Å². The number of aliphatic hydroxyl groups is 1. The molecule has 1 aromatic carbocycles. The van der Waals surface area contributed by atoms with Gasteiger partial charge in [0.1, 0.15) is 23.3 Å². The van der Waals surface area contributed by atoms with Crippen LogP contribution < -0.4 is 4.74 Å². The number of aliphatic hydroxyl groups excluding tert-OH is 1. The van der Waals surface area contributed by atoms with Crippen LogP contribution in [0.4, 0.5) is 4.39 Å². The van der Waals surface area contributed by atoms with Gasteiger partial charge in [-0.25, -0.2) is 4.39 Å². The van der Waals surface area contributed by atoms with Gasteiger partial charge < -0.3 is 9.84 Å². The molecule has 1 N–H and O–H groups in total. The van der Waals surface area contributed by atoms with E-state index in [2.05, 4.69) is 5.10 Å². The Bertz CT molecular complexity index is 626. The first-order chi connectivity index (χ1) is 9.40. The largest absolute Gasteiger partial charge is 0.488 e. The summed E-state index contributed by atoms with van der Waals surface area (Å²) < 4.78 is 20.4. The Morgan fingerprint density at radius 1 is 1.50 bits per heavy atom. The molecule has 108 valence electrons. The zero-order valence-corrected chi connectivity index (χ0v) is 12.3. The highest BCUT2D eigenvalue weighted by molar-refractivity contribution is 6.30. The molecule has 0 saturated carbocycles. The molecule has 2 aromatic rings. The van der Waals surface area contributed by atoms with E-state index >= 15 is 0 Å². The van der Waals surface area contributed by atoms with Crippen LogP contribution in [-0.4, -0.2) is 14.9 Å². The fraction of sp³-hybridized carbons (Fsp3) is 0.357. The van der Waals surface area contributed by atoms with Crippen molar-refractivity contribution in [1.29, 1.82) is 0 Å². The zero-order valence-electron chi connectivity index (χ0n) is 11.5. The molecule has 0 saturated heterocycles. The molecule has 0 amide bonds. The number of hydrogen-bond acceptors (Lipinski definition) is 3. The second-order valence-corrected chi connectivity index (χ2v) is 4.98. The molecule has 1 atom stereocenters. The SMILES string of the molecule is Cc1nn(C)c(Cl)c1COc1ccc(F)cc1[C@H](C)O. The topological polar surface area (TPSA) is 47.3 Å². The van der Waals surface area contributed by atoms with Crippen molar-refractivity contribution in [2.75, 3.05) is 0 Å². The second-order valence-electron chi connectivity index (χ2n) is 4.63. The first-order valence-electron chi connectivity index (χ1n) is 6.18. The van der Waals surface area contributed by atoms with Crippen LogP contribution >= 0.6 is 11.6 Å². The van der Waals surface area contributed by atoms with Crippen molar-refractivity contribution in [2.45, 2.75) is 26.6 Å². The lowest BCUT2D eigenvalue weighted by Crippen LogP contribution is -2.02. The number of halogens is 2. The van der Waals surface area contributed by atoms with Gasteiger partial charge in [-0.3, -0.25) is 4.68 Å². The van der Waals surface area contributed by atoms with Gasteiger partial charge in [0.05, 0.1) is 11.8 Å². The van der Waals surface area contributed by atoms with Crippen molar-refractivity contribution in [3.05, 3.63) is 46.0 Å². The van der Waals surface area contributed by atoms with Crippen LogP contribution in [0.3, 0.4) is 0 Å². The van der Waals surface area contributed by atoms with E-state index < -0.39 is 11.9 Å². The van der Waals surface area contributed by atoms with Crippen LogP contribution in [-0.2, 0) is 13.7 Å². The fourth-order valence-electron chi connectivity index (χ4n) is 1.97. The number of ether oxygens (including phenoxy) is 1. The summed E-state index contributed by atoms with van der Waals surface area (Å²) >= 11 is 6.12. The molecule has 0 aliphatic carbocycles. The summed E-state index contributed by atoms with van der Waals surface area (Å²) in [6.45, 7) is 3.61. The van der Waals surface area contributed by atoms with Crippen molar-refractivity contribution in [1.82, 2.24) is 9.78 Å². The summed E-state index contributed by atoms with van der Waals surface area (Å²) in [5, 5.41) is 14.3. The number of hydrogen-bond donors (Lipinski definition) is 1. The molecule has 1 aromatic heterocycles. The molecule has 0 aliphatic rings. The van der Waals surface area contributed by atoms with E-state index in [9.17, 15) is 9.50 Å². The van der Waals surface area contributed by atoms with Crippen molar-refractivity contribution < 1.29 is 14.2 Å². The Morgan fingerprint density at radius 3 is 2.75 bits per heavy atom. The van der Waals surface area contributed by atoms with Crippen LogP contribution in [0.2, 0.25) is 5.15 Å². The standard InChI is InChI=1S/C14H16ClFN2O2/c1-8-12(14(15)18(3)17-8)7-20-13-5-4-10(16)6-11(13)9(2)19/h4-6,9,19H,7H2,1-3H3/t9-/m0/s1. The maximum Gasteiger partial charge on any atom is 0.133 e. The molecule has 4 nitrogen and oxygen atoms in total. The average Bonchev–Trinajstić information content (AvgIpc) is 2.62. The zero-order chi connectivity index (χ0) is 14.9. The van der Waals surface area contributed by atoms with E-state index in [1.54, 1.807) is 18.7 Å². The third-order valence-corrected chi connectivity index (χ3v) is 3.54. The Hall–Kier alpha value is -1.59. The fourth-order valence-corrected chi connectivity index (χ4v) is 2.19. The Kier molecular flexibility index (Phi) is 4.30. The lowest BCUT2D eigenvalue weighted by atomic mass is 10.1. The lowest BCUT2D eigenvalue weighted by molar-refractivity contribution is 0.189. The maximum atomic E-state index is 13.2. The van der Waals surface area contributed by atoms with Gasteiger partial charge in [0.15, 0.2) is 0 Å². The van der Waals surface area contributed by atoms with Gasteiger partial charge in [-0.05, 0) is 32.0 Å². The molecule has 0 bridgehead atoms. The van der Waals surface area contributed by atoms with Crippen LogP contribution in [0.1, 0.15) is 29.8 Å². The molecule has 20 heavy (non-hydrogen) atoms. The molecule has 0 radical (unpaired) electrons. The number of aryl methyl sites for hydroxylation is 2. The van der Waals surface area contributed by atoms with Crippen LogP contribution in [0.5, 0.6) is 5.75 Å². The quantitative estimate of drug-likeness (QED) is 0.943. The molecular weight excluding hydrogens is 283 g/mol. The summed E-state index contributed by atoms with van der Waals surface area (Å²) in [6, 6.07) is 4.05. The first kappa shape index (κ1) is 14.8. The molecule has 0 unspecified atom stereocenters. The van der Waals surface area contributed by atoms with Crippen LogP contribution in [0.15, 0.2) is 18.2 Å². The van der Waals surface area contributed by atoms with E-state index in [0.29, 0.717) is 16.5 Å². The van der Waals surface area contributed by atoms with Gasteiger partial charge in [-0.1, -0.05) is 11.6 Å². The molecule has 0 fully saturated rings. The average molecular weight is 299 g/mol. The Balaban J connectivity index is 2.23. The minimum absolute atomic E-state index is 0.212. The summed E-state index contributed by atoms with van der Waals surface area (Å²) in [6.07, 6.45) is -0.814. The van der Waals surface area contributed by atoms with Crippen molar-refractivity contribution in [2.24, 2.45) is 7.05 Å². The monoisotopic (exact) mass is 298 g/mol. The summed E-state index contributed by atoms with van der Waals surface area (Å²) in [7, 11) is 1.75. The minimum Gasteiger partial charge on any atom is -0.488 e. The maximum absolute atomic E-state index is 13.2. The van der Waals surface area contributed by atoms with Crippen molar-refractivity contribution in [3.63, 3.8) is 0 Å². The number of benzene rings is 1. The molecule has 1 heterocycles. The minimum atomic E-state index is -0.814. The highest BCUT2D eigenvalue weighted by Crippen LogP contribution is 2.28. The summed E-state index contributed by atoms with van der Waals surface area (Å²) in [4.78, 5) is 0. The predicted octanol–water partition coefficient (Wildman–Crippen LogP) is 3.15. The van der Waals surface area contributed by atoms with E-state index in [-0.39, 0.29) is 6.61 Å². The first-order valence-corrected chi connectivity index (χ1v) is 6.56. The van der Waals surface area contributed by atoms with E-state index in [4.69, 9.17) is 16.3 Å². The number of aromatic nitrogens is 2. The normalized spacial score (nSPS) is 12.5. The Morgan fingerprint density at radius 2 is 2.20 bits per heavy atom. The van der Waals surface area contributed by atoms with Crippen molar-refractivity contribution >= 4 is 11.6 Å². The van der Waals surface area contributed by atoms with Gasteiger partial charge in [-0.2, -0.15) is 5.10 Å². The van der Waals surface area contributed by atoms with Gasteiger partial charge in [0, 0.05) is 18.2 Å². The van der Waals surface area contributed by atoms with Gasteiger partial charge in [0.25, 0.3) is 0 Å². The number of rotatable bonds is 4. The van der Waals surface area contributed by atoms with Gasteiger partial charge in [-0.15, -0.1) is 0 Å². The van der Waals surface area contributed by atoms with Crippen LogP contribution in [0.25, 0.3) is 0 Å². The molecule has 6 heteroatoms. The van der Waals surface area contributed by atoms with E-state index in [1.165, 1.54) is 18.2 Å². The molecule has 0 aliphatic heterocycles. The number of nitrogens with zero attached hydrogens (tertiary/aromatic N) is 2. The third-order valence-electron chi connectivity index (χ3n) is 3.06. The van der Waals surface area contributed by atoms with Crippen molar-refractivity contribution in [3.8, 4) is 5.75 Å². The van der Waals surface area contributed by atoms with E-state index in [0.717, 1.165) is 11.3 Å². The summed E-state index contributed by atoms with van der Waals surface area (Å²) in [5.74, 6) is 0.0181. The highest BCUT2D eigenvalue weighted by Gasteiger charge is 2.15. The smallest absolute Gasteiger partial charge is 0.133 e. The predicted molar refractivity (Wildman–Crippen MR) is 74.3 cm³/mol. The van der Waals surface area contributed by atoms with E-state index in [1.807, 2.05) is 6.92 Å². The van der Waals surface area contributed by atoms with Gasteiger partial charge >= 0.3 is 0 Å². The van der Waals surface area contributed by atoms with Crippen LogP contribution in [0, 0.1) is 12.7 Å². The third kappa shape index (κ3) is 2.94. The summed E-state index contributed by atoms with van der Waals surface area (Å²) in [5.41, 5.74) is 1.95.